The number of hydrogen-bond acceptors (Lipinski definition) is 4. The Morgan fingerprint density at radius 1 is 1.32 bits per heavy atom. The molecule has 0 unspecified atom stereocenters. The molecule has 1 saturated carbocycles. The summed E-state index contributed by atoms with van der Waals surface area (Å²) in [5.41, 5.74) is 0. The van der Waals surface area contributed by atoms with Gasteiger partial charge in [-0.15, -0.1) is 11.3 Å². The zero-order valence-electron chi connectivity index (χ0n) is 11.1. The van der Waals surface area contributed by atoms with E-state index in [0.717, 1.165) is 22.6 Å². The highest BCUT2D eigenvalue weighted by atomic mass is 35.5. The molecule has 0 aliphatic heterocycles. The van der Waals surface area contributed by atoms with Crippen molar-refractivity contribution in [3.8, 4) is 0 Å². The Labute approximate surface area is 122 Å². The van der Waals surface area contributed by atoms with E-state index in [4.69, 9.17) is 11.6 Å². The molecule has 0 bridgehead atoms. The first-order valence-electron chi connectivity index (χ1n) is 6.84. The van der Waals surface area contributed by atoms with Crippen molar-refractivity contribution in [2.75, 3.05) is 7.05 Å². The zero-order chi connectivity index (χ0) is 13.2. The molecule has 19 heavy (non-hydrogen) atoms. The van der Waals surface area contributed by atoms with Crippen LogP contribution in [0.15, 0.2) is 11.4 Å². The van der Waals surface area contributed by atoms with Crippen molar-refractivity contribution >= 4 is 33.2 Å². The van der Waals surface area contributed by atoms with E-state index in [1.807, 2.05) is 11.4 Å². The van der Waals surface area contributed by atoms with Gasteiger partial charge in [-0.05, 0) is 31.3 Å². The van der Waals surface area contributed by atoms with E-state index in [-0.39, 0.29) is 0 Å². The summed E-state index contributed by atoms with van der Waals surface area (Å²) in [7, 11) is 2.17. The second kappa shape index (κ2) is 5.73. The van der Waals surface area contributed by atoms with E-state index in [9.17, 15) is 0 Å². The van der Waals surface area contributed by atoms with Crippen molar-refractivity contribution in [3.05, 3.63) is 22.4 Å². The average molecular weight is 296 g/mol. The normalized spacial score (nSPS) is 17.4. The first kappa shape index (κ1) is 13.3. The predicted molar refractivity (Wildman–Crippen MR) is 80.8 cm³/mol. The topological polar surface area (TPSA) is 29.0 Å². The Hall–Kier alpha value is -0.710. The number of aromatic nitrogens is 2. The molecule has 102 valence electrons. The molecule has 0 radical (unpaired) electrons. The monoisotopic (exact) mass is 295 g/mol. The van der Waals surface area contributed by atoms with Gasteiger partial charge in [-0.1, -0.05) is 30.9 Å². The van der Waals surface area contributed by atoms with E-state index in [2.05, 4.69) is 21.9 Å². The van der Waals surface area contributed by atoms with Gasteiger partial charge in [0.05, 0.1) is 6.54 Å². The number of halogens is 1. The Morgan fingerprint density at radius 2 is 2.11 bits per heavy atom. The summed E-state index contributed by atoms with van der Waals surface area (Å²) in [5, 5.41) is 3.56. The molecular formula is C14H18ClN3S. The first-order valence-corrected chi connectivity index (χ1v) is 8.09. The average Bonchev–Trinajstić information content (AvgIpc) is 2.88. The summed E-state index contributed by atoms with van der Waals surface area (Å²) in [4.78, 5) is 12.4. The van der Waals surface area contributed by atoms with Crippen LogP contribution in [0.5, 0.6) is 0 Å². The smallest absolute Gasteiger partial charge is 0.145 e. The Balaban J connectivity index is 1.76. The van der Waals surface area contributed by atoms with Gasteiger partial charge >= 0.3 is 0 Å². The minimum Gasteiger partial charge on any atom is -0.296 e. The van der Waals surface area contributed by atoms with Gasteiger partial charge in [-0.25, -0.2) is 9.97 Å². The maximum atomic E-state index is 6.21. The van der Waals surface area contributed by atoms with Crippen LogP contribution < -0.4 is 0 Å². The lowest BCUT2D eigenvalue weighted by Crippen LogP contribution is -2.33. The molecule has 0 amide bonds. The van der Waals surface area contributed by atoms with Crippen molar-refractivity contribution in [3.63, 3.8) is 0 Å². The molecule has 2 heterocycles. The van der Waals surface area contributed by atoms with Gasteiger partial charge in [0.1, 0.15) is 15.8 Å². The third-order valence-electron chi connectivity index (χ3n) is 3.91. The molecule has 3 nitrogen and oxygen atoms in total. The number of thiophene rings is 1. The van der Waals surface area contributed by atoms with Gasteiger partial charge in [0.25, 0.3) is 0 Å². The molecule has 5 heteroatoms. The van der Waals surface area contributed by atoms with Crippen molar-refractivity contribution in [1.29, 1.82) is 0 Å². The van der Waals surface area contributed by atoms with Crippen LogP contribution in [0.25, 0.3) is 10.2 Å². The zero-order valence-corrected chi connectivity index (χ0v) is 12.7. The highest BCUT2D eigenvalue weighted by Gasteiger charge is 2.19. The number of rotatable bonds is 3. The summed E-state index contributed by atoms with van der Waals surface area (Å²) in [6.45, 7) is 0.790. The van der Waals surface area contributed by atoms with Crippen molar-refractivity contribution in [1.82, 2.24) is 14.9 Å². The van der Waals surface area contributed by atoms with Crippen LogP contribution >= 0.6 is 22.9 Å². The standard InChI is InChI=1S/C14H18ClN3S/c1-18(10-5-3-2-4-6-10)9-12-16-13(15)11-7-8-19-14(11)17-12/h7-8,10H,2-6,9H2,1H3. The SMILES string of the molecule is CN(Cc1nc(Cl)c2ccsc2n1)C1CCCCC1. The highest BCUT2D eigenvalue weighted by molar-refractivity contribution is 7.16. The molecule has 0 aromatic carbocycles. The molecule has 1 aliphatic carbocycles. The Bertz CT molecular complexity index is 563. The third kappa shape index (κ3) is 2.91. The molecule has 0 N–H and O–H groups in total. The molecular weight excluding hydrogens is 278 g/mol. The molecule has 2 aromatic heterocycles. The van der Waals surface area contributed by atoms with E-state index >= 15 is 0 Å². The van der Waals surface area contributed by atoms with Gasteiger partial charge in [-0.2, -0.15) is 0 Å². The highest BCUT2D eigenvalue weighted by Crippen LogP contribution is 2.26. The second-order valence-electron chi connectivity index (χ2n) is 5.28. The largest absolute Gasteiger partial charge is 0.296 e. The molecule has 1 fully saturated rings. The molecule has 2 aromatic rings. The van der Waals surface area contributed by atoms with Crippen LogP contribution in [0.3, 0.4) is 0 Å². The van der Waals surface area contributed by atoms with Crippen LogP contribution in [-0.4, -0.2) is 28.0 Å². The van der Waals surface area contributed by atoms with Gasteiger partial charge < -0.3 is 0 Å². The summed E-state index contributed by atoms with van der Waals surface area (Å²) >= 11 is 7.83. The van der Waals surface area contributed by atoms with Gasteiger partial charge in [0.2, 0.25) is 0 Å². The molecule has 3 rings (SSSR count). The maximum absolute atomic E-state index is 6.21. The summed E-state index contributed by atoms with van der Waals surface area (Å²) in [6, 6.07) is 2.66. The van der Waals surface area contributed by atoms with Gasteiger partial charge in [-0.3, -0.25) is 4.90 Å². The minimum absolute atomic E-state index is 0.582. The Kier molecular flexibility index (Phi) is 4.01. The lowest BCUT2D eigenvalue weighted by molar-refractivity contribution is 0.181. The number of nitrogens with zero attached hydrogens (tertiary/aromatic N) is 3. The summed E-state index contributed by atoms with van der Waals surface area (Å²) in [5.74, 6) is 0.841. The maximum Gasteiger partial charge on any atom is 0.145 e. The van der Waals surface area contributed by atoms with Crippen LogP contribution in [0, 0.1) is 0 Å². The van der Waals surface area contributed by atoms with Crippen LogP contribution in [-0.2, 0) is 6.54 Å². The predicted octanol–water partition coefficient (Wildman–Crippen LogP) is 4.11. The third-order valence-corrected chi connectivity index (χ3v) is 5.01. The molecule has 0 spiro atoms. The fraction of sp³-hybridized carbons (Fsp3) is 0.571. The lowest BCUT2D eigenvalue weighted by Gasteiger charge is -2.30. The van der Waals surface area contributed by atoms with Crippen molar-refractivity contribution < 1.29 is 0 Å². The van der Waals surface area contributed by atoms with E-state index < -0.39 is 0 Å². The minimum atomic E-state index is 0.582. The van der Waals surface area contributed by atoms with Crippen molar-refractivity contribution in [2.24, 2.45) is 0 Å². The quantitative estimate of drug-likeness (QED) is 0.798. The van der Waals surface area contributed by atoms with E-state index in [1.165, 1.54) is 32.1 Å². The van der Waals surface area contributed by atoms with Crippen LogP contribution in [0.1, 0.15) is 37.9 Å². The fourth-order valence-corrected chi connectivity index (χ4v) is 3.89. The molecule has 0 atom stereocenters. The first-order chi connectivity index (χ1) is 9.24. The number of hydrogen-bond donors (Lipinski definition) is 0. The van der Waals surface area contributed by atoms with Gasteiger partial charge in [0, 0.05) is 11.4 Å². The van der Waals surface area contributed by atoms with Crippen molar-refractivity contribution in [2.45, 2.75) is 44.7 Å². The summed E-state index contributed by atoms with van der Waals surface area (Å²) in [6.07, 6.45) is 6.67. The van der Waals surface area contributed by atoms with E-state index in [0.29, 0.717) is 11.2 Å². The number of fused-ring (bicyclic) bond motifs is 1. The van der Waals surface area contributed by atoms with Gasteiger partial charge in [0.15, 0.2) is 0 Å². The molecule has 1 aliphatic rings. The second-order valence-corrected chi connectivity index (χ2v) is 6.53. The summed E-state index contributed by atoms with van der Waals surface area (Å²) < 4.78 is 0. The fourth-order valence-electron chi connectivity index (χ4n) is 2.81. The van der Waals surface area contributed by atoms with Crippen LogP contribution in [0.2, 0.25) is 5.15 Å². The van der Waals surface area contributed by atoms with Crippen LogP contribution in [0.4, 0.5) is 0 Å². The molecule has 0 saturated heterocycles. The Morgan fingerprint density at radius 3 is 2.89 bits per heavy atom. The van der Waals surface area contributed by atoms with E-state index in [1.54, 1.807) is 11.3 Å². The lowest BCUT2D eigenvalue weighted by atomic mass is 9.94.